The van der Waals surface area contributed by atoms with Crippen LogP contribution >= 0.6 is 11.3 Å². The third-order valence-electron chi connectivity index (χ3n) is 10.1. The number of aromatic nitrogens is 2. The molecule has 5 heterocycles. The number of hydrogen-bond acceptors (Lipinski definition) is 9. The average molecular weight is 649 g/mol. The van der Waals surface area contributed by atoms with Crippen LogP contribution in [0, 0.1) is 0 Å². The van der Waals surface area contributed by atoms with Crippen LogP contribution in [0.2, 0.25) is 0 Å². The van der Waals surface area contributed by atoms with Gasteiger partial charge in [0.05, 0.1) is 26.4 Å². The first kappa shape index (κ1) is 28.9. The van der Waals surface area contributed by atoms with Gasteiger partial charge in [0.15, 0.2) is 0 Å². The SMILES string of the molecule is O=c1c2cccc3c4sc5ccc6c(=O)n(CCN7CCOCC7)c(=O)c7ccc(c4cc(c(=O)n1CCN1CCOCC1)c23)c5c67. The third-order valence-corrected chi connectivity index (χ3v) is 11.3. The van der Waals surface area contributed by atoms with Crippen molar-refractivity contribution >= 4 is 74.6 Å². The maximum absolute atomic E-state index is 14.1. The number of nitrogens with zero attached hydrogens (tertiary/aromatic N) is 4. The molecule has 0 bridgehead atoms. The molecular formula is C36H32N4O6S. The average Bonchev–Trinajstić information content (AvgIpc) is 3.11. The van der Waals surface area contributed by atoms with Gasteiger partial charge in [0, 0.05) is 110 Å². The lowest BCUT2D eigenvalue weighted by molar-refractivity contribution is 0.0361. The molecule has 10 nitrogen and oxygen atoms in total. The van der Waals surface area contributed by atoms with E-state index in [1.54, 1.807) is 11.3 Å². The predicted octanol–water partition coefficient (Wildman–Crippen LogP) is 3.25. The highest BCUT2D eigenvalue weighted by molar-refractivity contribution is 7.26. The molecule has 0 amide bonds. The minimum absolute atomic E-state index is 0.267. The Balaban J connectivity index is 1.26. The van der Waals surface area contributed by atoms with Gasteiger partial charge in [-0.2, -0.15) is 0 Å². The summed E-state index contributed by atoms with van der Waals surface area (Å²) < 4.78 is 15.6. The van der Waals surface area contributed by atoms with Gasteiger partial charge in [-0.25, -0.2) is 0 Å². The topological polar surface area (TPSA) is 103 Å². The van der Waals surface area contributed by atoms with E-state index in [-0.39, 0.29) is 22.2 Å². The quantitative estimate of drug-likeness (QED) is 0.200. The number of pyridine rings is 2. The fraction of sp³-hybridized carbons (Fsp3) is 0.333. The standard InChI is InChI=1S/C36H32N4O6S/c41-33-23-3-1-2-22-29(23)27(36(44)40(33)11-9-38-14-18-46-19-15-38)20-26-21-4-5-24-30-25(6-7-28(31(21)30)47-32(22)26)35(43)39(34(24)42)10-8-37-12-16-45-17-13-37/h1-7,20H,8-19H2. The van der Waals surface area contributed by atoms with E-state index < -0.39 is 0 Å². The lowest BCUT2D eigenvalue weighted by Crippen LogP contribution is -2.42. The number of ether oxygens (including phenoxy) is 2. The zero-order chi connectivity index (χ0) is 31.8. The summed E-state index contributed by atoms with van der Waals surface area (Å²) in [6.45, 7) is 7.54. The van der Waals surface area contributed by atoms with Crippen LogP contribution in [0.15, 0.2) is 67.7 Å². The summed E-state index contributed by atoms with van der Waals surface area (Å²) in [7, 11) is 0. The summed E-state index contributed by atoms with van der Waals surface area (Å²) in [5.74, 6) is 0. The number of benzene rings is 4. The van der Waals surface area contributed by atoms with Gasteiger partial charge in [0.2, 0.25) is 0 Å². The second kappa shape index (κ2) is 11.2. The highest BCUT2D eigenvalue weighted by Gasteiger charge is 2.22. The highest BCUT2D eigenvalue weighted by Crippen LogP contribution is 2.43. The molecule has 0 atom stereocenters. The molecule has 0 saturated carbocycles. The van der Waals surface area contributed by atoms with Crippen molar-refractivity contribution in [1.29, 1.82) is 0 Å². The molecular weight excluding hydrogens is 616 g/mol. The molecule has 0 aliphatic carbocycles. The number of fused-ring (bicyclic) bond motifs is 3. The van der Waals surface area contributed by atoms with Gasteiger partial charge in [-0.05, 0) is 35.7 Å². The van der Waals surface area contributed by atoms with Crippen LogP contribution in [0.25, 0.3) is 63.3 Å². The molecule has 7 aromatic rings. The molecule has 0 radical (unpaired) electrons. The largest absolute Gasteiger partial charge is 0.379 e. The molecule has 2 aliphatic heterocycles. The Morgan fingerprint density at radius 1 is 0.511 bits per heavy atom. The minimum atomic E-state index is -0.297. The van der Waals surface area contributed by atoms with E-state index in [1.807, 2.05) is 48.5 Å². The normalized spacial score (nSPS) is 17.0. The molecule has 2 aliphatic rings. The van der Waals surface area contributed by atoms with Gasteiger partial charge in [0.1, 0.15) is 0 Å². The van der Waals surface area contributed by atoms with Crippen molar-refractivity contribution in [2.24, 2.45) is 0 Å². The molecule has 2 fully saturated rings. The minimum Gasteiger partial charge on any atom is -0.379 e. The Hall–Kier alpha value is -4.26. The Morgan fingerprint density at radius 2 is 1.02 bits per heavy atom. The summed E-state index contributed by atoms with van der Waals surface area (Å²) in [4.78, 5) is 59.9. The van der Waals surface area contributed by atoms with E-state index in [4.69, 9.17) is 9.47 Å². The zero-order valence-electron chi connectivity index (χ0n) is 25.8. The van der Waals surface area contributed by atoms with Gasteiger partial charge >= 0.3 is 0 Å². The fourth-order valence-electron chi connectivity index (χ4n) is 7.66. The van der Waals surface area contributed by atoms with Crippen molar-refractivity contribution in [3.8, 4) is 0 Å². The predicted molar refractivity (Wildman–Crippen MR) is 187 cm³/mol. The lowest BCUT2D eigenvalue weighted by Gasteiger charge is -2.26. The van der Waals surface area contributed by atoms with Crippen LogP contribution in [0.3, 0.4) is 0 Å². The van der Waals surface area contributed by atoms with Crippen molar-refractivity contribution < 1.29 is 9.47 Å². The molecule has 47 heavy (non-hydrogen) atoms. The van der Waals surface area contributed by atoms with E-state index in [2.05, 4.69) is 9.80 Å². The second-order valence-electron chi connectivity index (χ2n) is 12.6. The first-order valence-corrected chi connectivity index (χ1v) is 17.0. The Labute approximate surface area is 271 Å². The Morgan fingerprint density at radius 3 is 1.64 bits per heavy atom. The number of hydrogen-bond donors (Lipinski definition) is 0. The van der Waals surface area contributed by atoms with Gasteiger partial charge in [-0.1, -0.05) is 18.2 Å². The van der Waals surface area contributed by atoms with Crippen LogP contribution in [0.1, 0.15) is 0 Å². The van der Waals surface area contributed by atoms with Crippen molar-refractivity contribution in [2.45, 2.75) is 13.1 Å². The van der Waals surface area contributed by atoms with E-state index in [0.717, 1.165) is 57.1 Å². The third kappa shape index (κ3) is 4.45. The fourth-order valence-corrected chi connectivity index (χ4v) is 8.89. The van der Waals surface area contributed by atoms with Gasteiger partial charge in [-0.15, -0.1) is 11.3 Å². The summed E-state index contributed by atoms with van der Waals surface area (Å²) in [5.41, 5.74) is -1.12. The van der Waals surface area contributed by atoms with Crippen LogP contribution in [-0.4, -0.2) is 84.6 Å². The Bertz CT molecular complexity index is 2570. The van der Waals surface area contributed by atoms with Crippen LogP contribution in [0.4, 0.5) is 0 Å². The number of rotatable bonds is 6. The van der Waals surface area contributed by atoms with E-state index in [0.29, 0.717) is 84.9 Å². The monoisotopic (exact) mass is 648 g/mol. The van der Waals surface area contributed by atoms with Gasteiger partial charge < -0.3 is 9.47 Å². The van der Waals surface area contributed by atoms with E-state index in [9.17, 15) is 19.2 Å². The van der Waals surface area contributed by atoms with Crippen molar-refractivity contribution in [1.82, 2.24) is 18.9 Å². The smallest absolute Gasteiger partial charge is 0.261 e. The molecule has 238 valence electrons. The Kier molecular flexibility index (Phi) is 6.88. The molecule has 0 unspecified atom stereocenters. The lowest BCUT2D eigenvalue weighted by atomic mass is 9.95. The first-order valence-electron chi connectivity index (χ1n) is 16.2. The molecule has 0 spiro atoms. The van der Waals surface area contributed by atoms with Gasteiger partial charge in [0.25, 0.3) is 22.2 Å². The van der Waals surface area contributed by atoms with Crippen LogP contribution in [0.5, 0.6) is 0 Å². The van der Waals surface area contributed by atoms with Crippen LogP contribution < -0.4 is 22.2 Å². The first-order chi connectivity index (χ1) is 23.0. The second-order valence-corrected chi connectivity index (χ2v) is 13.6. The molecule has 11 heteroatoms. The maximum atomic E-state index is 14.1. The van der Waals surface area contributed by atoms with Crippen molar-refractivity contribution in [2.75, 3.05) is 65.7 Å². The maximum Gasteiger partial charge on any atom is 0.261 e. The molecule has 9 rings (SSSR count). The van der Waals surface area contributed by atoms with E-state index >= 15 is 0 Å². The van der Waals surface area contributed by atoms with E-state index in [1.165, 1.54) is 9.13 Å². The number of morpholine rings is 2. The summed E-state index contributed by atoms with van der Waals surface area (Å²) >= 11 is 1.56. The molecule has 4 aromatic carbocycles. The summed E-state index contributed by atoms with van der Waals surface area (Å²) in [5, 5.41) is 6.90. The van der Waals surface area contributed by atoms with Crippen molar-refractivity contribution in [3.63, 3.8) is 0 Å². The summed E-state index contributed by atoms with van der Waals surface area (Å²) in [6.07, 6.45) is 0. The molecule has 0 N–H and O–H groups in total. The van der Waals surface area contributed by atoms with Crippen LogP contribution in [-0.2, 0) is 22.6 Å². The molecule has 3 aromatic heterocycles. The van der Waals surface area contributed by atoms with Gasteiger partial charge in [-0.3, -0.25) is 38.1 Å². The molecule has 2 saturated heterocycles. The summed E-state index contributed by atoms with van der Waals surface area (Å²) in [6, 6.07) is 15.2. The van der Waals surface area contributed by atoms with Crippen molar-refractivity contribution in [3.05, 3.63) is 89.9 Å². The highest BCUT2D eigenvalue weighted by atomic mass is 32.1. The zero-order valence-corrected chi connectivity index (χ0v) is 26.6.